The molecule has 0 atom stereocenters. The van der Waals surface area contributed by atoms with Crippen LogP contribution in [0.2, 0.25) is 0 Å². The smallest absolute Gasteiger partial charge is 0.220 e. The fourth-order valence-corrected chi connectivity index (χ4v) is 1.93. The van der Waals surface area contributed by atoms with Crippen LogP contribution in [0.15, 0.2) is 0 Å². The summed E-state index contributed by atoms with van der Waals surface area (Å²) in [7, 11) is 0. The summed E-state index contributed by atoms with van der Waals surface area (Å²) in [6, 6.07) is 0. The number of morpholine rings is 1. The molecular weight excluding hydrogens is 216 g/mol. The molecule has 1 aliphatic rings. The lowest BCUT2D eigenvalue weighted by Crippen LogP contribution is -2.40. The van der Waals surface area contributed by atoms with E-state index in [0.717, 1.165) is 45.7 Å². The summed E-state index contributed by atoms with van der Waals surface area (Å²) < 4.78 is 5.29. The largest absolute Gasteiger partial charge is 0.379 e. The maximum Gasteiger partial charge on any atom is 0.220 e. The van der Waals surface area contributed by atoms with Gasteiger partial charge in [-0.1, -0.05) is 0 Å². The van der Waals surface area contributed by atoms with Gasteiger partial charge >= 0.3 is 0 Å². The van der Waals surface area contributed by atoms with Crippen molar-refractivity contribution < 1.29 is 9.53 Å². The zero-order chi connectivity index (χ0) is 12.7. The molecule has 0 aromatic heterocycles. The van der Waals surface area contributed by atoms with Gasteiger partial charge in [-0.2, -0.15) is 0 Å². The molecule has 100 valence electrons. The van der Waals surface area contributed by atoms with Crippen molar-refractivity contribution >= 4 is 5.91 Å². The molecule has 0 aliphatic carbocycles. The van der Waals surface area contributed by atoms with Crippen LogP contribution in [0.5, 0.6) is 0 Å². The Balaban J connectivity index is 2.01. The quantitative estimate of drug-likeness (QED) is 0.741. The molecule has 1 saturated heterocycles. The van der Waals surface area contributed by atoms with Crippen LogP contribution in [0.1, 0.15) is 40.0 Å². The van der Waals surface area contributed by atoms with E-state index in [1.807, 2.05) is 20.8 Å². The molecule has 1 heterocycles. The summed E-state index contributed by atoms with van der Waals surface area (Å²) in [6.07, 6.45) is 2.71. The lowest BCUT2D eigenvalue weighted by atomic mass is 10.1. The van der Waals surface area contributed by atoms with Gasteiger partial charge in [0, 0.05) is 25.0 Å². The molecule has 0 aromatic carbocycles. The Morgan fingerprint density at radius 1 is 1.24 bits per heavy atom. The van der Waals surface area contributed by atoms with Crippen molar-refractivity contribution in [1.82, 2.24) is 10.2 Å². The predicted octanol–water partition coefficient (Wildman–Crippen LogP) is 1.40. The van der Waals surface area contributed by atoms with E-state index >= 15 is 0 Å². The number of carbonyl (C=O) groups is 1. The van der Waals surface area contributed by atoms with Crippen LogP contribution >= 0.6 is 0 Å². The first-order chi connectivity index (χ1) is 7.97. The van der Waals surface area contributed by atoms with Crippen molar-refractivity contribution in [1.29, 1.82) is 0 Å². The minimum atomic E-state index is -0.110. The maximum atomic E-state index is 11.6. The SMILES string of the molecule is CC(C)(C)NC(=O)CCCCN1CCOCC1. The summed E-state index contributed by atoms with van der Waals surface area (Å²) in [5, 5.41) is 2.99. The summed E-state index contributed by atoms with van der Waals surface area (Å²) in [6.45, 7) is 10.9. The second kappa shape index (κ2) is 6.97. The van der Waals surface area contributed by atoms with Gasteiger partial charge in [0.15, 0.2) is 0 Å². The van der Waals surface area contributed by atoms with Crippen LogP contribution in [0, 0.1) is 0 Å². The van der Waals surface area contributed by atoms with E-state index in [1.165, 1.54) is 0 Å². The van der Waals surface area contributed by atoms with Crippen molar-refractivity contribution in [3.63, 3.8) is 0 Å². The molecule has 1 fully saturated rings. The van der Waals surface area contributed by atoms with E-state index in [4.69, 9.17) is 4.74 Å². The Hall–Kier alpha value is -0.610. The van der Waals surface area contributed by atoms with Gasteiger partial charge < -0.3 is 10.1 Å². The average molecular weight is 242 g/mol. The molecule has 0 bridgehead atoms. The van der Waals surface area contributed by atoms with E-state index in [2.05, 4.69) is 10.2 Å². The summed E-state index contributed by atoms with van der Waals surface area (Å²) in [4.78, 5) is 14.0. The highest BCUT2D eigenvalue weighted by Gasteiger charge is 2.13. The molecule has 0 radical (unpaired) electrons. The summed E-state index contributed by atoms with van der Waals surface area (Å²) >= 11 is 0. The van der Waals surface area contributed by atoms with Crippen molar-refractivity contribution in [2.45, 2.75) is 45.6 Å². The van der Waals surface area contributed by atoms with Gasteiger partial charge in [-0.3, -0.25) is 9.69 Å². The maximum absolute atomic E-state index is 11.6. The van der Waals surface area contributed by atoms with E-state index < -0.39 is 0 Å². The molecule has 0 spiro atoms. The number of hydrogen-bond donors (Lipinski definition) is 1. The van der Waals surface area contributed by atoms with Crippen LogP contribution in [0.25, 0.3) is 0 Å². The van der Waals surface area contributed by atoms with Gasteiger partial charge in [-0.05, 0) is 40.2 Å². The summed E-state index contributed by atoms with van der Waals surface area (Å²) in [5.41, 5.74) is -0.110. The van der Waals surface area contributed by atoms with Crippen LogP contribution in [0.4, 0.5) is 0 Å². The Labute approximate surface area is 105 Å². The Morgan fingerprint density at radius 3 is 2.47 bits per heavy atom. The minimum Gasteiger partial charge on any atom is -0.379 e. The molecule has 4 nitrogen and oxygen atoms in total. The fraction of sp³-hybridized carbons (Fsp3) is 0.923. The molecule has 1 rings (SSSR count). The van der Waals surface area contributed by atoms with Crippen LogP contribution < -0.4 is 5.32 Å². The van der Waals surface area contributed by atoms with Gasteiger partial charge in [-0.15, -0.1) is 0 Å². The molecule has 1 amide bonds. The average Bonchev–Trinajstić information content (AvgIpc) is 2.23. The Morgan fingerprint density at radius 2 is 1.88 bits per heavy atom. The number of amides is 1. The Bertz CT molecular complexity index is 230. The molecule has 0 unspecified atom stereocenters. The Kier molecular flexibility index (Phi) is 5.92. The number of unbranched alkanes of at least 4 members (excludes halogenated alkanes) is 1. The summed E-state index contributed by atoms with van der Waals surface area (Å²) in [5.74, 6) is 0.166. The zero-order valence-corrected chi connectivity index (χ0v) is 11.4. The second-order valence-corrected chi connectivity index (χ2v) is 5.71. The molecule has 4 heteroatoms. The van der Waals surface area contributed by atoms with Crippen molar-refractivity contribution in [3.8, 4) is 0 Å². The fourth-order valence-electron chi connectivity index (χ4n) is 1.93. The topological polar surface area (TPSA) is 41.6 Å². The normalized spacial score (nSPS) is 18.1. The van der Waals surface area contributed by atoms with Crippen LogP contribution in [-0.4, -0.2) is 49.2 Å². The highest BCUT2D eigenvalue weighted by molar-refractivity contribution is 5.76. The number of nitrogens with one attached hydrogen (secondary N) is 1. The first-order valence-electron chi connectivity index (χ1n) is 6.58. The van der Waals surface area contributed by atoms with E-state index in [0.29, 0.717) is 6.42 Å². The third-order valence-electron chi connectivity index (χ3n) is 2.75. The molecular formula is C13H26N2O2. The molecule has 17 heavy (non-hydrogen) atoms. The monoisotopic (exact) mass is 242 g/mol. The molecule has 1 N–H and O–H groups in total. The zero-order valence-electron chi connectivity index (χ0n) is 11.4. The molecule has 0 aromatic rings. The van der Waals surface area contributed by atoms with Crippen LogP contribution in [-0.2, 0) is 9.53 Å². The number of hydrogen-bond acceptors (Lipinski definition) is 3. The predicted molar refractivity (Wildman–Crippen MR) is 69.0 cm³/mol. The highest BCUT2D eigenvalue weighted by Crippen LogP contribution is 2.04. The molecule has 1 aliphatic heterocycles. The third kappa shape index (κ3) is 7.34. The highest BCUT2D eigenvalue weighted by atomic mass is 16.5. The van der Waals surface area contributed by atoms with Gasteiger partial charge in [-0.25, -0.2) is 0 Å². The second-order valence-electron chi connectivity index (χ2n) is 5.71. The van der Waals surface area contributed by atoms with Crippen LogP contribution in [0.3, 0.4) is 0 Å². The lowest BCUT2D eigenvalue weighted by molar-refractivity contribution is -0.122. The van der Waals surface area contributed by atoms with Gasteiger partial charge in [0.25, 0.3) is 0 Å². The minimum absolute atomic E-state index is 0.110. The van der Waals surface area contributed by atoms with Crippen molar-refractivity contribution in [3.05, 3.63) is 0 Å². The molecule has 0 saturated carbocycles. The third-order valence-corrected chi connectivity index (χ3v) is 2.75. The number of rotatable bonds is 5. The number of carbonyl (C=O) groups excluding carboxylic acids is 1. The first-order valence-corrected chi connectivity index (χ1v) is 6.58. The van der Waals surface area contributed by atoms with Gasteiger partial charge in [0.05, 0.1) is 13.2 Å². The van der Waals surface area contributed by atoms with Gasteiger partial charge in [0.1, 0.15) is 0 Å². The van der Waals surface area contributed by atoms with Gasteiger partial charge in [0.2, 0.25) is 5.91 Å². The van der Waals surface area contributed by atoms with E-state index in [-0.39, 0.29) is 11.4 Å². The van der Waals surface area contributed by atoms with Crippen molar-refractivity contribution in [2.24, 2.45) is 0 Å². The number of ether oxygens (including phenoxy) is 1. The lowest BCUT2D eigenvalue weighted by Gasteiger charge is -2.26. The van der Waals surface area contributed by atoms with E-state index in [9.17, 15) is 4.79 Å². The first kappa shape index (κ1) is 14.5. The van der Waals surface area contributed by atoms with Crippen molar-refractivity contribution in [2.75, 3.05) is 32.8 Å². The van der Waals surface area contributed by atoms with E-state index in [1.54, 1.807) is 0 Å². The standard InChI is InChI=1S/C13H26N2O2/c1-13(2,3)14-12(16)6-4-5-7-15-8-10-17-11-9-15/h4-11H2,1-3H3,(H,14,16). The number of nitrogens with zero attached hydrogens (tertiary/aromatic N) is 1.